The predicted octanol–water partition coefficient (Wildman–Crippen LogP) is 2.39. The van der Waals surface area contributed by atoms with Gasteiger partial charge in [-0.05, 0) is 42.7 Å². The lowest BCUT2D eigenvalue weighted by Crippen LogP contribution is -2.43. The Morgan fingerprint density at radius 3 is 2.53 bits per heavy atom. The van der Waals surface area contributed by atoms with Crippen molar-refractivity contribution in [3.8, 4) is 22.8 Å². The molecule has 1 aromatic heterocycles. The van der Waals surface area contributed by atoms with Gasteiger partial charge in [-0.1, -0.05) is 18.2 Å². The van der Waals surface area contributed by atoms with Gasteiger partial charge in [0, 0.05) is 31.3 Å². The van der Waals surface area contributed by atoms with E-state index in [9.17, 15) is 4.79 Å². The topological polar surface area (TPSA) is 83.8 Å². The number of nitrogens with zero attached hydrogens (tertiary/aromatic N) is 3. The largest absolute Gasteiger partial charge is 0.493 e. The summed E-state index contributed by atoms with van der Waals surface area (Å²) >= 11 is 0. The van der Waals surface area contributed by atoms with Crippen LogP contribution in [-0.2, 0) is 19.5 Å². The molecule has 0 aliphatic carbocycles. The minimum absolute atomic E-state index is 0.106. The number of benzene rings is 2. The molecule has 2 N–H and O–H groups in total. The Morgan fingerprint density at radius 1 is 1.10 bits per heavy atom. The first-order chi connectivity index (χ1) is 14.6. The van der Waals surface area contributed by atoms with Crippen molar-refractivity contribution in [1.29, 1.82) is 0 Å². The summed E-state index contributed by atoms with van der Waals surface area (Å²) in [6, 6.07) is 13.7. The van der Waals surface area contributed by atoms with E-state index in [4.69, 9.17) is 20.2 Å². The Kier molecular flexibility index (Phi) is 5.46. The molecule has 7 nitrogen and oxygen atoms in total. The molecule has 0 atom stereocenters. The molecule has 0 saturated carbocycles. The van der Waals surface area contributed by atoms with Gasteiger partial charge >= 0.3 is 5.69 Å². The van der Waals surface area contributed by atoms with Crippen molar-refractivity contribution >= 4 is 5.69 Å². The lowest BCUT2D eigenvalue weighted by atomic mass is 9.97. The van der Waals surface area contributed by atoms with Gasteiger partial charge in [0.15, 0.2) is 11.5 Å². The monoisotopic (exact) mass is 406 g/mol. The number of hydrogen-bond acceptors (Lipinski definition) is 5. The van der Waals surface area contributed by atoms with E-state index in [0.29, 0.717) is 36.6 Å². The molecule has 30 heavy (non-hydrogen) atoms. The van der Waals surface area contributed by atoms with Crippen LogP contribution in [-0.4, -0.2) is 29.9 Å². The van der Waals surface area contributed by atoms with E-state index in [1.807, 2.05) is 49.4 Å². The summed E-state index contributed by atoms with van der Waals surface area (Å²) < 4.78 is 14.4. The molecule has 2 heterocycles. The second kappa shape index (κ2) is 8.20. The van der Waals surface area contributed by atoms with Gasteiger partial charge in [-0.25, -0.2) is 9.79 Å². The van der Waals surface area contributed by atoms with Crippen molar-refractivity contribution in [2.75, 3.05) is 20.8 Å². The van der Waals surface area contributed by atoms with E-state index < -0.39 is 0 Å². The smallest absolute Gasteiger partial charge is 0.330 e. The third kappa shape index (κ3) is 3.41. The number of methoxy groups -OCH3 is 2. The first-order valence-corrected chi connectivity index (χ1v) is 9.97. The molecule has 7 heteroatoms. The zero-order chi connectivity index (χ0) is 21.3. The van der Waals surface area contributed by atoms with Crippen molar-refractivity contribution in [3.05, 3.63) is 69.6 Å². The van der Waals surface area contributed by atoms with Crippen LogP contribution in [0.15, 0.2) is 52.3 Å². The van der Waals surface area contributed by atoms with Crippen LogP contribution in [0.1, 0.15) is 11.1 Å². The lowest BCUT2D eigenvalue weighted by Gasteiger charge is -2.24. The number of para-hydroxylation sites is 1. The van der Waals surface area contributed by atoms with Gasteiger partial charge < -0.3 is 15.2 Å². The number of fused-ring (bicyclic) bond motifs is 3. The molecule has 0 spiro atoms. The van der Waals surface area contributed by atoms with Crippen LogP contribution in [0, 0.1) is 6.92 Å². The number of ether oxygens (including phenoxy) is 2. The highest BCUT2D eigenvalue weighted by Crippen LogP contribution is 2.37. The Balaban J connectivity index is 2.01. The first-order valence-electron chi connectivity index (χ1n) is 9.97. The molecule has 0 unspecified atom stereocenters. The quantitative estimate of drug-likeness (QED) is 0.705. The van der Waals surface area contributed by atoms with Crippen LogP contribution in [0.2, 0.25) is 0 Å². The van der Waals surface area contributed by atoms with Gasteiger partial charge in [0.05, 0.1) is 25.6 Å². The molecule has 156 valence electrons. The summed E-state index contributed by atoms with van der Waals surface area (Å²) in [5, 5.41) is 0. The summed E-state index contributed by atoms with van der Waals surface area (Å²) in [7, 11) is 3.24. The van der Waals surface area contributed by atoms with Crippen molar-refractivity contribution in [2.24, 2.45) is 10.7 Å². The highest BCUT2D eigenvalue weighted by molar-refractivity contribution is 5.70. The van der Waals surface area contributed by atoms with Crippen molar-refractivity contribution in [2.45, 2.75) is 26.4 Å². The molecule has 0 amide bonds. The normalized spacial score (nSPS) is 13.0. The maximum absolute atomic E-state index is 13.3. The number of aryl methyl sites for hydroxylation is 2. The van der Waals surface area contributed by atoms with Gasteiger partial charge in [0.2, 0.25) is 0 Å². The molecule has 0 radical (unpaired) electrons. The Hall–Kier alpha value is -3.32. The van der Waals surface area contributed by atoms with Crippen LogP contribution in [0.4, 0.5) is 5.69 Å². The van der Waals surface area contributed by atoms with Crippen LogP contribution in [0.25, 0.3) is 11.3 Å². The lowest BCUT2D eigenvalue weighted by molar-refractivity contribution is 0.354. The van der Waals surface area contributed by atoms with E-state index in [-0.39, 0.29) is 5.69 Å². The zero-order valence-corrected chi connectivity index (χ0v) is 17.5. The number of hydrogen-bond donors (Lipinski definition) is 1. The van der Waals surface area contributed by atoms with Crippen molar-refractivity contribution in [3.63, 3.8) is 0 Å². The van der Waals surface area contributed by atoms with E-state index in [2.05, 4.69) is 0 Å². The summed E-state index contributed by atoms with van der Waals surface area (Å²) in [5.41, 5.74) is 11.1. The molecule has 3 aromatic rings. The maximum Gasteiger partial charge on any atom is 0.330 e. The van der Waals surface area contributed by atoms with E-state index >= 15 is 0 Å². The molecule has 1 aliphatic rings. The Labute approximate surface area is 175 Å². The SMILES string of the molecule is COc1cc2c(cc1OC)-c1c/c(=N\c3ccccc3C)n(CCN)c(=O)n1CC2. The van der Waals surface area contributed by atoms with Gasteiger partial charge in [-0.15, -0.1) is 0 Å². The minimum atomic E-state index is -0.106. The van der Waals surface area contributed by atoms with E-state index in [1.54, 1.807) is 23.4 Å². The Morgan fingerprint density at radius 2 is 1.83 bits per heavy atom. The summed E-state index contributed by atoms with van der Waals surface area (Å²) in [6.07, 6.45) is 0.736. The standard InChI is InChI=1S/C23H26N4O3/c1-15-6-4-5-7-18(15)25-22-14-19-17-13-21(30-3)20(29-2)12-16(17)8-10-26(19)23(28)27(22)11-9-24/h4-7,12-14H,8-11,24H2,1-3H3/b25-22+. The van der Waals surface area contributed by atoms with Crippen LogP contribution >= 0.6 is 0 Å². The Bertz CT molecular complexity index is 1220. The average Bonchev–Trinajstić information content (AvgIpc) is 2.76. The minimum Gasteiger partial charge on any atom is -0.493 e. The highest BCUT2D eigenvalue weighted by Gasteiger charge is 2.22. The molecule has 0 saturated heterocycles. The fraction of sp³-hybridized carbons (Fsp3) is 0.304. The van der Waals surface area contributed by atoms with Gasteiger partial charge in [0.1, 0.15) is 5.49 Å². The summed E-state index contributed by atoms with van der Waals surface area (Å²) in [4.78, 5) is 18.2. The second-order valence-corrected chi connectivity index (χ2v) is 7.27. The van der Waals surface area contributed by atoms with Crippen LogP contribution in [0.3, 0.4) is 0 Å². The third-order valence-corrected chi connectivity index (χ3v) is 5.49. The molecule has 4 rings (SSSR count). The highest BCUT2D eigenvalue weighted by atomic mass is 16.5. The zero-order valence-electron chi connectivity index (χ0n) is 17.5. The summed E-state index contributed by atoms with van der Waals surface area (Å²) in [5.74, 6) is 1.32. The predicted molar refractivity (Wildman–Crippen MR) is 116 cm³/mol. The molecule has 1 aliphatic heterocycles. The third-order valence-electron chi connectivity index (χ3n) is 5.49. The fourth-order valence-electron chi connectivity index (χ4n) is 3.91. The second-order valence-electron chi connectivity index (χ2n) is 7.27. The number of nitrogens with two attached hydrogens (primary N) is 1. The molecule has 0 fully saturated rings. The first kappa shape index (κ1) is 20.0. The number of rotatable bonds is 5. The van der Waals surface area contributed by atoms with Crippen LogP contribution < -0.4 is 26.4 Å². The molecular formula is C23H26N4O3. The van der Waals surface area contributed by atoms with Gasteiger partial charge in [-0.3, -0.25) is 9.13 Å². The van der Waals surface area contributed by atoms with Gasteiger partial charge in [-0.2, -0.15) is 0 Å². The fourth-order valence-corrected chi connectivity index (χ4v) is 3.91. The molecule has 0 bridgehead atoms. The van der Waals surface area contributed by atoms with Crippen molar-refractivity contribution < 1.29 is 9.47 Å². The average molecular weight is 406 g/mol. The maximum atomic E-state index is 13.3. The molecular weight excluding hydrogens is 380 g/mol. The van der Waals surface area contributed by atoms with Crippen LogP contribution in [0.5, 0.6) is 11.5 Å². The van der Waals surface area contributed by atoms with E-state index in [0.717, 1.165) is 34.5 Å². The molecule has 2 aromatic carbocycles. The van der Waals surface area contributed by atoms with E-state index in [1.165, 1.54) is 0 Å². The van der Waals surface area contributed by atoms with Crippen molar-refractivity contribution in [1.82, 2.24) is 9.13 Å². The van der Waals surface area contributed by atoms with Gasteiger partial charge in [0.25, 0.3) is 0 Å². The number of aromatic nitrogens is 2. The summed E-state index contributed by atoms with van der Waals surface area (Å²) in [6.45, 7) is 3.36.